The van der Waals surface area contributed by atoms with E-state index in [1.54, 1.807) is 27.7 Å². The van der Waals surface area contributed by atoms with Gasteiger partial charge in [-0.3, -0.25) is 4.79 Å². The van der Waals surface area contributed by atoms with E-state index in [0.717, 1.165) is 0 Å². The zero-order valence-corrected chi connectivity index (χ0v) is 12.4. The molecule has 0 aromatic heterocycles. The average molecular weight is 272 g/mol. The Balaban J connectivity index is 2.80. The SMILES string of the molecule is CC(C)(C)C(=O)OCC1(C)COC(=O)C(C)(C)[N+]1=O. The molecule has 19 heavy (non-hydrogen) atoms. The Hall–Kier alpha value is -1.46. The van der Waals surface area contributed by atoms with Crippen LogP contribution < -0.4 is 0 Å². The second kappa shape index (κ2) is 4.58. The summed E-state index contributed by atoms with van der Waals surface area (Å²) in [5.74, 6) is -0.959. The van der Waals surface area contributed by atoms with Gasteiger partial charge in [0, 0.05) is 30.4 Å². The molecule has 1 atom stereocenters. The summed E-state index contributed by atoms with van der Waals surface area (Å²) in [6, 6.07) is 0. The van der Waals surface area contributed by atoms with E-state index in [0.29, 0.717) is 4.76 Å². The van der Waals surface area contributed by atoms with Crippen molar-refractivity contribution < 1.29 is 23.8 Å². The third-order valence-electron chi connectivity index (χ3n) is 3.14. The number of rotatable bonds is 2. The molecule has 6 nitrogen and oxygen atoms in total. The van der Waals surface area contributed by atoms with Crippen molar-refractivity contribution in [3.05, 3.63) is 4.91 Å². The second-order valence-electron chi connectivity index (χ2n) is 6.75. The molecule has 0 saturated carbocycles. The Morgan fingerprint density at radius 1 is 1.37 bits per heavy atom. The first-order chi connectivity index (χ1) is 8.41. The van der Waals surface area contributed by atoms with Gasteiger partial charge >= 0.3 is 17.5 Å². The lowest BCUT2D eigenvalue weighted by atomic mass is 9.93. The number of esters is 2. The van der Waals surface area contributed by atoms with Gasteiger partial charge in [-0.05, 0) is 20.8 Å². The summed E-state index contributed by atoms with van der Waals surface area (Å²) >= 11 is 0. The smallest absolute Gasteiger partial charge is 0.382 e. The molecule has 0 aliphatic carbocycles. The van der Waals surface area contributed by atoms with Crippen molar-refractivity contribution in [2.24, 2.45) is 5.41 Å². The molecule has 0 aromatic rings. The fourth-order valence-corrected chi connectivity index (χ4v) is 1.75. The first-order valence-electron chi connectivity index (χ1n) is 6.23. The lowest BCUT2D eigenvalue weighted by Gasteiger charge is -2.32. The highest BCUT2D eigenvalue weighted by atomic mass is 16.6. The summed E-state index contributed by atoms with van der Waals surface area (Å²) in [5.41, 5.74) is -2.97. The third kappa shape index (κ3) is 2.93. The van der Waals surface area contributed by atoms with Crippen molar-refractivity contribution in [3.8, 4) is 0 Å². The van der Waals surface area contributed by atoms with Crippen molar-refractivity contribution in [3.63, 3.8) is 0 Å². The molecular formula is C13H22NO5+. The molecule has 0 amide bonds. The van der Waals surface area contributed by atoms with Crippen molar-refractivity contribution in [2.75, 3.05) is 13.2 Å². The third-order valence-corrected chi connectivity index (χ3v) is 3.14. The number of morpholine rings is 1. The minimum Gasteiger partial charge on any atom is -0.458 e. The van der Waals surface area contributed by atoms with Gasteiger partial charge in [0.15, 0.2) is 13.2 Å². The van der Waals surface area contributed by atoms with Gasteiger partial charge in [-0.15, -0.1) is 0 Å². The molecule has 0 N–H and O–H groups in total. The van der Waals surface area contributed by atoms with E-state index >= 15 is 0 Å². The van der Waals surface area contributed by atoms with Gasteiger partial charge < -0.3 is 9.47 Å². The molecule has 108 valence electrons. The number of cyclic esters (lactones) is 1. The zero-order chi connectivity index (χ0) is 15.1. The molecule has 1 rings (SSSR count). The molecule has 1 aliphatic rings. The van der Waals surface area contributed by atoms with Gasteiger partial charge in [0.25, 0.3) is 5.54 Å². The first-order valence-corrected chi connectivity index (χ1v) is 6.23. The van der Waals surface area contributed by atoms with Gasteiger partial charge in [0.1, 0.15) is 0 Å². The van der Waals surface area contributed by atoms with Gasteiger partial charge in [-0.1, -0.05) is 0 Å². The Labute approximate surface area is 113 Å². The fraction of sp³-hybridized carbons (Fsp3) is 0.846. The summed E-state index contributed by atoms with van der Waals surface area (Å²) in [4.78, 5) is 35.5. The Kier molecular flexibility index (Phi) is 3.76. The van der Waals surface area contributed by atoms with E-state index in [2.05, 4.69) is 0 Å². The van der Waals surface area contributed by atoms with E-state index in [4.69, 9.17) is 9.47 Å². The molecule has 1 fully saturated rings. The van der Waals surface area contributed by atoms with Crippen molar-refractivity contribution >= 4 is 11.9 Å². The number of ether oxygens (including phenoxy) is 2. The fourth-order valence-electron chi connectivity index (χ4n) is 1.75. The highest BCUT2D eigenvalue weighted by molar-refractivity contribution is 5.79. The summed E-state index contributed by atoms with van der Waals surface area (Å²) in [6.45, 7) is 9.60. The number of nitroso groups, excluding NO2 is 1. The van der Waals surface area contributed by atoms with Crippen LogP contribution >= 0.6 is 0 Å². The number of carbonyl (C=O) groups excluding carboxylic acids is 2. The standard InChI is InChI=1S/C13H22NO5/c1-11(2,3)9(15)18-7-13(6)8-19-10(16)12(4,5)14(13)17/h7-8H2,1-6H3/q+1. The predicted octanol–water partition coefficient (Wildman–Crippen LogP) is 1.45. The lowest BCUT2D eigenvalue weighted by Crippen LogP contribution is -2.63. The van der Waals surface area contributed by atoms with E-state index < -0.39 is 28.4 Å². The maximum atomic E-state index is 12.3. The summed E-state index contributed by atoms with van der Waals surface area (Å²) < 4.78 is 10.9. The van der Waals surface area contributed by atoms with Crippen LogP contribution in [0.25, 0.3) is 0 Å². The molecule has 1 unspecified atom stereocenters. The van der Waals surface area contributed by atoms with Crippen molar-refractivity contribution in [1.29, 1.82) is 0 Å². The van der Waals surface area contributed by atoms with Crippen molar-refractivity contribution in [1.82, 2.24) is 0 Å². The zero-order valence-electron chi connectivity index (χ0n) is 12.4. The average Bonchev–Trinajstić information content (AvgIpc) is 2.28. The van der Waals surface area contributed by atoms with Gasteiger partial charge in [0.2, 0.25) is 0 Å². The molecule has 0 aromatic carbocycles. The molecule has 0 bridgehead atoms. The summed E-state index contributed by atoms with van der Waals surface area (Å²) in [7, 11) is 0. The first kappa shape index (κ1) is 15.6. The van der Waals surface area contributed by atoms with Crippen LogP contribution in [-0.2, 0) is 19.1 Å². The van der Waals surface area contributed by atoms with Crippen LogP contribution in [-0.4, -0.2) is 41.0 Å². The number of hydrogen-bond acceptors (Lipinski definition) is 5. The number of hydrogen-bond donors (Lipinski definition) is 0. The highest BCUT2D eigenvalue weighted by Gasteiger charge is 2.61. The van der Waals surface area contributed by atoms with E-state index in [1.165, 1.54) is 13.8 Å². The van der Waals surface area contributed by atoms with Gasteiger partial charge in [-0.25, -0.2) is 4.79 Å². The topological polar surface area (TPSA) is 72.7 Å². The highest BCUT2D eigenvalue weighted by Crippen LogP contribution is 2.28. The summed E-state index contributed by atoms with van der Waals surface area (Å²) in [6.07, 6.45) is 0. The van der Waals surface area contributed by atoms with Crippen LogP contribution in [0.2, 0.25) is 0 Å². The van der Waals surface area contributed by atoms with E-state index in [1.807, 2.05) is 0 Å². The Bertz CT molecular complexity index is 421. The summed E-state index contributed by atoms with van der Waals surface area (Å²) in [5, 5.41) is 0. The van der Waals surface area contributed by atoms with Gasteiger partial charge in [-0.2, -0.15) is 0 Å². The molecular weight excluding hydrogens is 250 g/mol. The van der Waals surface area contributed by atoms with Crippen LogP contribution in [0.5, 0.6) is 0 Å². The number of nitrogens with zero attached hydrogens (tertiary/aromatic N) is 1. The van der Waals surface area contributed by atoms with E-state index in [-0.39, 0.29) is 13.2 Å². The Morgan fingerprint density at radius 2 is 1.89 bits per heavy atom. The van der Waals surface area contributed by atoms with Crippen LogP contribution in [0.15, 0.2) is 0 Å². The van der Waals surface area contributed by atoms with Crippen molar-refractivity contribution in [2.45, 2.75) is 52.6 Å². The Morgan fingerprint density at radius 3 is 2.37 bits per heavy atom. The van der Waals surface area contributed by atoms with E-state index in [9.17, 15) is 14.5 Å². The second-order valence-corrected chi connectivity index (χ2v) is 6.75. The van der Waals surface area contributed by atoms with Crippen LogP contribution in [0.3, 0.4) is 0 Å². The molecule has 0 spiro atoms. The van der Waals surface area contributed by atoms with Crippen LogP contribution in [0.1, 0.15) is 41.5 Å². The normalized spacial score (nSPS) is 26.8. The maximum absolute atomic E-state index is 12.3. The quantitative estimate of drug-likeness (QED) is 0.562. The largest absolute Gasteiger partial charge is 0.458 e. The maximum Gasteiger partial charge on any atom is 0.382 e. The minimum atomic E-state index is -1.28. The lowest BCUT2D eigenvalue weighted by molar-refractivity contribution is -0.686. The van der Waals surface area contributed by atoms with Crippen LogP contribution in [0, 0.1) is 10.3 Å². The minimum absolute atomic E-state index is 0.0871. The predicted molar refractivity (Wildman–Crippen MR) is 67.5 cm³/mol. The van der Waals surface area contributed by atoms with Crippen LogP contribution in [0.4, 0.5) is 0 Å². The number of carbonyl (C=O) groups is 2. The molecule has 1 heterocycles. The molecule has 0 radical (unpaired) electrons. The van der Waals surface area contributed by atoms with Gasteiger partial charge in [0.05, 0.1) is 5.41 Å². The molecule has 1 aliphatic heterocycles. The monoisotopic (exact) mass is 272 g/mol. The molecule has 6 heteroatoms. The molecule has 1 saturated heterocycles.